The minimum Gasteiger partial charge on any atom is -0.397 e. The first-order chi connectivity index (χ1) is 10.0. The Hall–Kier alpha value is -2.38. The summed E-state index contributed by atoms with van der Waals surface area (Å²) >= 11 is 0. The Balaban J connectivity index is 2.97. The maximum Gasteiger partial charge on any atom is 0.419 e. The van der Waals surface area contributed by atoms with E-state index < -0.39 is 40.4 Å². The van der Waals surface area contributed by atoms with Crippen molar-refractivity contribution in [2.45, 2.75) is 12.4 Å². The van der Waals surface area contributed by atoms with Crippen LogP contribution in [0, 0.1) is 0 Å². The number of hydrogen-bond acceptors (Lipinski definition) is 2. The lowest BCUT2D eigenvalue weighted by molar-refractivity contribution is -0.141. The van der Waals surface area contributed by atoms with Crippen LogP contribution in [0.15, 0.2) is 36.4 Å². The van der Waals surface area contributed by atoms with E-state index in [1.54, 1.807) is 0 Å². The highest BCUT2D eigenvalue weighted by atomic mass is 19.4. The molecule has 0 heterocycles. The van der Waals surface area contributed by atoms with Crippen LogP contribution in [0.5, 0.6) is 0 Å². The number of alkyl halides is 6. The van der Waals surface area contributed by atoms with Gasteiger partial charge in [0.05, 0.1) is 22.5 Å². The molecule has 8 heteroatoms. The van der Waals surface area contributed by atoms with Crippen molar-refractivity contribution in [2.75, 3.05) is 11.5 Å². The third kappa shape index (κ3) is 2.81. The van der Waals surface area contributed by atoms with E-state index in [1.165, 1.54) is 18.2 Å². The third-order valence-corrected chi connectivity index (χ3v) is 3.05. The van der Waals surface area contributed by atoms with E-state index in [1.807, 2.05) is 0 Å². The summed E-state index contributed by atoms with van der Waals surface area (Å²) in [7, 11) is 0. The first kappa shape index (κ1) is 16.0. The Bertz CT molecular complexity index is 689. The lowest BCUT2D eigenvalue weighted by Crippen LogP contribution is -2.18. The fourth-order valence-electron chi connectivity index (χ4n) is 2.14. The van der Waals surface area contributed by atoms with E-state index >= 15 is 0 Å². The Labute approximate surface area is 121 Å². The SMILES string of the molecule is Nc1cc(C(F)(F)F)c(-c2ccccc2)c(C(F)(F)F)c1N. The van der Waals surface area contributed by atoms with Crippen molar-refractivity contribution >= 4 is 11.4 Å². The van der Waals surface area contributed by atoms with Crippen molar-refractivity contribution in [3.63, 3.8) is 0 Å². The molecule has 0 aliphatic rings. The van der Waals surface area contributed by atoms with Crippen LogP contribution in [0.4, 0.5) is 37.7 Å². The average Bonchev–Trinajstić information content (AvgIpc) is 2.39. The second-order valence-electron chi connectivity index (χ2n) is 4.54. The smallest absolute Gasteiger partial charge is 0.397 e. The number of anilines is 2. The first-order valence-electron chi connectivity index (χ1n) is 5.95. The number of nitrogen functional groups attached to an aromatic ring is 2. The van der Waals surface area contributed by atoms with E-state index in [4.69, 9.17) is 11.5 Å². The lowest BCUT2D eigenvalue weighted by atomic mass is 9.91. The predicted molar refractivity (Wildman–Crippen MR) is 70.7 cm³/mol. The Morgan fingerprint density at radius 3 is 1.77 bits per heavy atom. The lowest BCUT2D eigenvalue weighted by Gasteiger charge is -2.22. The molecule has 0 saturated carbocycles. The van der Waals surface area contributed by atoms with Gasteiger partial charge in [-0.25, -0.2) is 0 Å². The van der Waals surface area contributed by atoms with Crippen LogP contribution in [0.25, 0.3) is 11.1 Å². The summed E-state index contributed by atoms with van der Waals surface area (Å²) in [5, 5.41) is 0. The maximum atomic E-state index is 13.2. The molecule has 2 aromatic rings. The number of benzene rings is 2. The molecule has 0 bridgehead atoms. The van der Waals surface area contributed by atoms with Crippen LogP contribution >= 0.6 is 0 Å². The second kappa shape index (κ2) is 5.11. The highest BCUT2D eigenvalue weighted by molar-refractivity contribution is 5.84. The van der Waals surface area contributed by atoms with Crippen LogP contribution in [0.2, 0.25) is 0 Å². The topological polar surface area (TPSA) is 52.0 Å². The van der Waals surface area contributed by atoms with E-state index in [9.17, 15) is 26.3 Å². The van der Waals surface area contributed by atoms with E-state index in [0.29, 0.717) is 6.07 Å². The molecular formula is C14H10F6N2. The van der Waals surface area contributed by atoms with Gasteiger partial charge in [-0.3, -0.25) is 0 Å². The fraction of sp³-hybridized carbons (Fsp3) is 0.143. The summed E-state index contributed by atoms with van der Waals surface area (Å²) in [6.45, 7) is 0. The van der Waals surface area contributed by atoms with Gasteiger partial charge >= 0.3 is 12.4 Å². The highest BCUT2D eigenvalue weighted by Gasteiger charge is 2.43. The molecule has 2 nitrogen and oxygen atoms in total. The summed E-state index contributed by atoms with van der Waals surface area (Å²) in [4.78, 5) is 0. The summed E-state index contributed by atoms with van der Waals surface area (Å²) < 4.78 is 79.2. The molecule has 0 fully saturated rings. The molecule has 4 N–H and O–H groups in total. The Morgan fingerprint density at radius 1 is 0.773 bits per heavy atom. The highest BCUT2D eigenvalue weighted by Crippen LogP contribution is 2.48. The fourth-order valence-corrected chi connectivity index (χ4v) is 2.14. The van der Waals surface area contributed by atoms with Gasteiger partial charge in [-0.15, -0.1) is 0 Å². The van der Waals surface area contributed by atoms with Gasteiger partial charge in [0.15, 0.2) is 0 Å². The zero-order valence-electron chi connectivity index (χ0n) is 10.9. The van der Waals surface area contributed by atoms with Crippen LogP contribution in [-0.4, -0.2) is 0 Å². The van der Waals surface area contributed by atoms with Crippen molar-refractivity contribution in [1.29, 1.82) is 0 Å². The zero-order valence-corrected chi connectivity index (χ0v) is 10.9. The molecule has 0 atom stereocenters. The van der Waals surface area contributed by atoms with E-state index in [-0.39, 0.29) is 5.56 Å². The molecule has 2 rings (SSSR count). The first-order valence-corrected chi connectivity index (χ1v) is 5.95. The van der Waals surface area contributed by atoms with E-state index in [2.05, 4.69) is 0 Å². The van der Waals surface area contributed by atoms with Gasteiger partial charge in [-0.1, -0.05) is 30.3 Å². The molecule has 118 valence electrons. The number of halogens is 6. The molecule has 0 aliphatic heterocycles. The largest absolute Gasteiger partial charge is 0.419 e. The summed E-state index contributed by atoms with van der Waals surface area (Å²) in [5.41, 5.74) is 4.55. The van der Waals surface area contributed by atoms with Crippen LogP contribution in [0.3, 0.4) is 0 Å². The Kier molecular flexibility index (Phi) is 3.72. The van der Waals surface area contributed by atoms with Gasteiger partial charge in [0.25, 0.3) is 0 Å². The molecule has 0 amide bonds. The zero-order chi connectivity index (χ0) is 16.7. The van der Waals surface area contributed by atoms with Crippen LogP contribution < -0.4 is 11.5 Å². The van der Waals surface area contributed by atoms with Crippen molar-refractivity contribution in [3.05, 3.63) is 47.5 Å². The predicted octanol–water partition coefficient (Wildman–Crippen LogP) is 4.56. The quantitative estimate of drug-likeness (QED) is 0.598. The van der Waals surface area contributed by atoms with Gasteiger partial charge in [-0.2, -0.15) is 26.3 Å². The summed E-state index contributed by atoms with van der Waals surface area (Å²) in [6.07, 6.45) is -10.1. The van der Waals surface area contributed by atoms with Gasteiger partial charge < -0.3 is 11.5 Å². The molecule has 2 aromatic carbocycles. The number of hydrogen-bond donors (Lipinski definition) is 2. The number of rotatable bonds is 1. The molecular weight excluding hydrogens is 310 g/mol. The second-order valence-corrected chi connectivity index (χ2v) is 4.54. The molecule has 0 radical (unpaired) electrons. The average molecular weight is 320 g/mol. The van der Waals surface area contributed by atoms with Crippen molar-refractivity contribution in [2.24, 2.45) is 0 Å². The molecule has 0 aromatic heterocycles. The van der Waals surface area contributed by atoms with Crippen molar-refractivity contribution in [1.82, 2.24) is 0 Å². The normalized spacial score (nSPS) is 12.5. The van der Waals surface area contributed by atoms with Gasteiger partial charge in [0.2, 0.25) is 0 Å². The monoisotopic (exact) mass is 320 g/mol. The van der Waals surface area contributed by atoms with Gasteiger partial charge in [-0.05, 0) is 11.6 Å². The summed E-state index contributed by atoms with van der Waals surface area (Å²) in [6, 6.07) is 6.87. The van der Waals surface area contributed by atoms with Crippen molar-refractivity contribution in [3.8, 4) is 11.1 Å². The van der Waals surface area contributed by atoms with Crippen molar-refractivity contribution < 1.29 is 26.3 Å². The van der Waals surface area contributed by atoms with Crippen LogP contribution in [-0.2, 0) is 12.4 Å². The molecule has 0 aliphatic carbocycles. The molecule has 0 saturated heterocycles. The van der Waals surface area contributed by atoms with Gasteiger partial charge in [0.1, 0.15) is 0 Å². The maximum absolute atomic E-state index is 13.2. The van der Waals surface area contributed by atoms with Gasteiger partial charge in [0, 0.05) is 5.56 Å². The van der Waals surface area contributed by atoms with E-state index in [0.717, 1.165) is 12.1 Å². The van der Waals surface area contributed by atoms with Crippen LogP contribution in [0.1, 0.15) is 11.1 Å². The minimum atomic E-state index is -5.08. The molecule has 22 heavy (non-hydrogen) atoms. The molecule has 0 unspecified atom stereocenters. The number of nitrogens with two attached hydrogens (primary N) is 2. The third-order valence-electron chi connectivity index (χ3n) is 3.05. The minimum absolute atomic E-state index is 0.242. The Morgan fingerprint density at radius 2 is 1.32 bits per heavy atom. The standard InChI is InChI=1S/C14H10F6N2/c15-13(16,17)8-6-9(21)12(22)11(14(18,19)20)10(8)7-4-2-1-3-5-7/h1-6H,21-22H2. The molecule has 0 spiro atoms. The summed E-state index contributed by atoms with van der Waals surface area (Å²) in [5.74, 6) is 0.